The van der Waals surface area contributed by atoms with Gasteiger partial charge in [-0.15, -0.1) is 10.2 Å². The first-order valence-corrected chi connectivity index (χ1v) is 10.9. The number of hydrogen-bond acceptors (Lipinski definition) is 5. The van der Waals surface area contributed by atoms with Crippen LogP contribution in [0.15, 0.2) is 76.5 Å². The molecule has 2 aromatic heterocycles. The van der Waals surface area contributed by atoms with Gasteiger partial charge in [-0.1, -0.05) is 30.0 Å². The van der Waals surface area contributed by atoms with E-state index < -0.39 is 11.7 Å². The lowest BCUT2D eigenvalue weighted by atomic mass is 10.1. The Bertz CT molecular complexity index is 1250. The topological polar surface area (TPSA) is 73.0 Å². The number of thioether (sulfide) groups is 1. The van der Waals surface area contributed by atoms with E-state index in [1.54, 1.807) is 54.2 Å². The van der Waals surface area contributed by atoms with Gasteiger partial charge in [-0.2, -0.15) is 13.2 Å². The highest BCUT2D eigenvalue weighted by Gasteiger charge is 2.30. The summed E-state index contributed by atoms with van der Waals surface area (Å²) < 4.78 is 46.2. The summed E-state index contributed by atoms with van der Waals surface area (Å²) in [7, 11) is 0. The number of furan rings is 1. The Hall–Kier alpha value is -3.53. The molecule has 2 aromatic carbocycles. The molecule has 0 aliphatic heterocycles. The van der Waals surface area contributed by atoms with E-state index in [-0.39, 0.29) is 12.5 Å². The van der Waals surface area contributed by atoms with E-state index >= 15 is 0 Å². The number of aromatic nitrogens is 3. The zero-order valence-electron chi connectivity index (χ0n) is 17.5. The molecule has 33 heavy (non-hydrogen) atoms. The maximum absolute atomic E-state index is 13.1. The number of aryl methyl sites for hydroxylation is 1. The number of benzene rings is 2. The molecule has 0 fully saturated rings. The quantitative estimate of drug-likeness (QED) is 0.364. The molecule has 4 aromatic rings. The van der Waals surface area contributed by atoms with Gasteiger partial charge >= 0.3 is 6.18 Å². The molecule has 6 nitrogen and oxygen atoms in total. The molecule has 170 valence electrons. The van der Waals surface area contributed by atoms with Crippen molar-refractivity contribution < 1.29 is 22.4 Å². The van der Waals surface area contributed by atoms with E-state index in [1.165, 1.54) is 17.8 Å². The number of amides is 1. The highest BCUT2D eigenvalue weighted by molar-refractivity contribution is 7.98. The van der Waals surface area contributed by atoms with Gasteiger partial charge in [-0.05, 0) is 55.0 Å². The molecule has 10 heteroatoms. The van der Waals surface area contributed by atoms with Crippen molar-refractivity contribution in [3.63, 3.8) is 0 Å². The molecule has 0 atom stereocenters. The Morgan fingerprint density at radius 1 is 1.09 bits per heavy atom. The maximum atomic E-state index is 13.1. The third-order valence-corrected chi connectivity index (χ3v) is 5.79. The van der Waals surface area contributed by atoms with Crippen LogP contribution in [0.4, 0.5) is 13.2 Å². The summed E-state index contributed by atoms with van der Waals surface area (Å²) in [6, 6.07) is 15.7. The van der Waals surface area contributed by atoms with E-state index in [1.807, 2.05) is 6.07 Å². The predicted octanol–water partition coefficient (Wildman–Crippen LogP) is 5.41. The Balaban J connectivity index is 1.47. The van der Waals surface area contributed by atoms with Crippen molar-refractivity contribution in [2.24, 2.45) is 0 Å². The van der Waals surface area contributed by atoms with Crippen LogP contribution in [0.1, 0.15) is 33.1 Å². The van der Waals surface area contributed by atoms with Crippen molar-refractivity contribution in [3.05, 3.63) is 95.2 Å². The van der Waals surface area contributed by atoms with Gasteiger partial charge in [0, 0.05) is 17.0 Å². The van der Waals surface area contributed by atoms with Gasteiger partial charge in [0.2, 0.25) is 0 Å². The normalized spacial score (nSPS) is 11.5. The van der Waals surface area contributed by atoms with Crippen LogP contribution in [0.25, 0.3) is 5.69 Å². The lowest BCUT2D eigenvalue weighted by Crippen LogP contribution is -2.22. The summed E-state index contributed by atoms with van der Waals surface area (Å²) in [5.41, 5.74) is 0.954. The summed E-state index contributed by atoms with van der Waals surface area (Å²) in [5.74, 6) is 1.35. The summed E-state index contributed by atoms with van der Waals surface area (Å²) in [4.78, 5) is 12.4. The van der Waals surface area contributed by atoms with E-state index in [0.29, 0.717) is 33.7 Å². The van der Waals surface area contributed by atoms with Crippen molar-refractivity contribution in [3.8, 4) is 5.69 Å². The van der Waals surface area contributed by atoms with Gasteiger partial charge < -0.3 is 9.73 Å². The minimum atomic E-state index is -4.44. The fourth-order valence-corrected chi connectivity index (χ4v) is 4.13. The van der Waals surface area contributed by atoms with Crippen molar-refractivity contribution >= 4 is 17.7 Å². The third-order valence-electron chi connectivity index (χ3n) is 4.79. The first-order valence-electron chi connectivity index (χ1n) is 9.93. The Morgan fingerprint density at radius 2 is 1.91 bits per heavy atom. The number of nitrogens with one attached hydrogen (secondary N) is 1. The van der Waals surface area contributed by atoms with Gasteiger partial charge in [-0.3, -0.25) is 9.36 Å². The van der Waals surface area contributed by atoms with Crippen LogP contribution in [0.3, 0.4) is 0 Å². The van der Waals surface area contributed by atoms with Crippen LogP contribution < -0.4 is 5.32 Å². The van der Waals surface area contributed by atoms with Crippen molar-refractivity contribution in [1.29, 1.82) is 0 Å². The average Bonchev–Trinajstić information content (AvgIpc) is 3.45. The van der Waals surface area contributed by atoms with Gasteiger partial charge in [-0.25, -0.2) is 0 Å². The second-order valence-corrected chi connectivity index (χ2v) is 8.11. The highest BCUT2D eigenvalue weighted by Crippen LogP contribution is 2.32. The second-order valence-electron chi connectivity index (χ2n) is 7.16. The van der Waals surface area contributed by atoms with Crippen molar-refractivity contribution in [2.75, 3.05) is 0 Å². The molecule has 1 N–H and O–H groups in total. The lowest BCUT2D eigenvalue weighted by molar-refractivity contribution is -0.137. The monoisotopic (exact) mass is 472 g/mol. The fraction of sp³-hybridized carbons (Fsp3) is 0.174. The van der Waals surface area contributed by atoms with Gasteiger partial charge in [0.15, 0.2) is 5.16 Å². The van der Waals surface area contributed by atoms with E-state index in [9.17, 15) is 18.0 Å². The van der Waals surface area contributed by atoms with E-state index in [0.717, 1.165) is 17.7 Å². The standard InChI is InChI=1S/C23H19F3N4O2S/c1-15-28-29-22(30(15)19-8-3-7-18(12-19)23(24,25)26)33-14-16-5-2-6-17(11-16)21(31)27-13-20-9-4-10-32-20/h2-12H,13-14H2,1H3,(H,27,31). The van der Waals surface area contributed by atoms with Crippen LogP contribution >= 0.6 is 11.8 Å². The van der Waals surface area contributed by atoms with Crippen LogP contribution in [-0.4, -0.2) is 20.7 Å². The number of carbonyl (C=O) groups is 1. The molecule has 0 aliphatic carbocycles. The zero-order chi connectivity index (χ0) is 23.4. The number of nitrogens with zero attached hydrogens (tertiary/aromatic N) is 3. The molecule has 0 spiro atoms. The number of carbonyl (C=O) groups excluding carboxylic acids is 1. The van der Waals surface area contributed by atoms with Crippen LogP contribution in [0.5, 0.6) is 0 Å². The van der Waals surface area contributed by atoms with Gasteiger partial charge in [0.05, 0.1) is 18.4 Å². The second kappa shape index (κ2) is 9.53. The number of alkyl halides is 3. The summed E-state index contributed by atoms with van der Waals surface area (Å²) in [5, 5.41) is 11.4. The minimum absolute atomic E-state index is 0.235. The highest BCUT2D eigenvalue weighted by atomic mass is 32.2. The number of hydrogen-bond donors (Lipinski definition) is 1. The van der Waals surface area contributed by atoms with Gasteiger partial charge in [0.1, 0.15) is 11.6 Å². The molecule has 1 amide bonds. The Kier molecular flexibility index (Phi) is 6.55. The number of halogens is 3. The predicted molar refractivity (Wildman–Crippen MR) is 117 cm³/mol. The van der Waals surface area contributed by atoms with Crippen LogP contribution in [0, 0.1) is 6.92 Å². The van der Waals surface area contributed by atoms with E-state index in [4.69, 9.17) is 4.42 Å². The zero-order valence-corrected chi connectivity index (χ0v) is 18.3. The molecule has 0 saturated heterocycles. The van der Waals surface area contributed by atoms with Crippen molar-refractivity contribution in [1.82, 2.24) is 20.1 Å². The van der Waals surface area contributed by atoms with Crippen LogP contribution in [0.2, 0.25) is 0 Å². The molecule has 0 aliphatic rings. The molecule has 4 rings (SSSR count). The molecule has 0 radical (unpaired) electrons. The fourth-order valence-electron chi connectivity index (χ4n) is 3.19. The Labute approximate surface area is 191 Å². The number of rotatable bonds is 7. The first-order chi connectivity index (χ1) is 15.8. The SMILES string of the molecule is Cc1nnc(SCc2cccc(C(=O)NCc3ccco3)c2)n1-c1cccc(C(F)(F)F)c1. The van der Waals surface area contributed by atoms with Crippen molar-refractivity contribution in [2.45, 2.75) is 30.6 Å². The summed E-state index contributed by atoms with van der Waals surface area (Å²) >= 11 is 1.32. The molecular weight excluding hydrogens is 453 g/mol. The lowest BCUT2D eigenvalue weighted by Gasteiger charge is -2.12. The molecule has 2 heterocycles. The largest absolute Gasteiger partial charge is 0.467 e. The van der Waals surface area contributed by atoms with E-state index in [2.05, 4.69) is 15.5 Å². The van der Waals surface area contributed by atoms with Gasteiger partial charge in [0.25, 0.3) is 5.91 Å². The molecule has 0 bridgehead atoms. The average molecular weight is 472 g/mol. The summed E-state index contributed by atoms with van der Waals surface area (Å²) in [6.45, 7) is 1.96. The van der Waals surface area contributed by atoms with Crippen LogP contribution in [-0.2, 0) is 18.5 Å². The summed E-state index contributed by atoms with van der Waals surface area (Å²) in [6.07, 6.45) is -2.90. The molecule has 0 unspecified atom stereocenters. The molecule has 0 saturated carbocycles. The molecular formula is C23H19F3N4O2S. The minimum Gasteiger partial charge on any atom is -0.467 e. The smallest absolute Gasteiger partial charge is 0.416 e. The maximum Gasteiger partial charge on any atom is 0.416 e. The third kappa shape index (κ3) is 5.46. The Morgan fingerprint density at radius 3 is 2.67 bits per heavy atom. The first kappa shape index (κ1) is 22.7.